The molecule has 8 aromatic rings. The number of para-hydroxylation sites is 1. The van der Waals surface area contributed by atoms with Gasteiger partial charge in [-0.1, -0.05) is 140 Å². The molecule has 0 saturated heterocycles. The number of aromatic nitrogens is 3. The predicted molar refractivity (Wildman–Crippen MR) is 216 cm³/mol. The maximum absolute atomic E-state index is 14.6. The topological polar surface area (TPSA) is 94.8 Å². The number of H-pyrrole nitrogens is 2. The Morgan fingerprint density at radius 1 is 0.741 bits per heavy atom. The summed E-state index contributed by atoms with van der Waals surface area (Å²) in [5.41, 5.74) is 10.2. The highest BCUT2D eigenvalue weighted by Gasteiger charge is 2.29. The molecular formula is C47H41N5O2. The zero-order valence-corrected chi connectivity index (χ0v) is 29.8. The van der Waals surface area contributed by atoms with E-state index >= 15 is 0 Å². The molecule has 0 fully saturated rings. The average Bonchev–Trinajstić information content (AvgIpc) is 3.96. The molecule has 0 spiro atoms. The summed E-state index contributed by atoms with van der Waals surface area (Å²) in [7, 11) is 0. The minimum atomic E-state index is -0.574. The third kappa shape index (κ3) is 6.83. The summed E-state index contributed by atoms with van der Waals surface area (Å²) in [6.07, 6.45) is 4.89. The van der Waals surface area contributed by atoms with Crippen LogP contribution in [0.5, 0.6) is 0 Å². The van der Waals surface area contributed by atoms with Crippen molar-refractivity contribution in [1.82, 2.24) is 25.6 Å². The van der Waals surface area contributed by atoms with E-state index in [1.54, 1.807) is 0 Å². The number of carbonyl (C=O) groups excluding carboxylic acids is 1. The first-order chi connectivity index (χ1) is 26.7. The Labute approximate surface area is 314 Å². The fourth-order valence-electron chi connectivity index (χ4n) is 7.92. The van der Waals surface area contributed by atoms with E-state index in [0.717, 1.165) is 38.7 Å². The maximum atomic E-state index is 14.6. The number of nitrogens with zero attached hydrogens (tertiary/aromatic N) is 1. The van der Waals surface area contributed by atoms with Crippen LogP contribution in [0.25, 0.3) is 44.1 Å². The first kappa shape index (κ1) is 33.5. The predicted octanol–water partition coefficient (Wildman–Crippen LogP) is 9.10. The van der Waals surface area contributed by atoms with Crippen molar-refractivity contribution >= 4 is 27.6 Å². The fraction of sp³-hybridized carbons (Fsp3) is 0.149. The molecule has 9 rings (SSSR count). The molecule has 1 aliphatic rings. The van der Waals surface area contributed by atoms with Gasteiger partial charge in [-0.25, -0.2) is 4.98 Å². The monoisotopic (exact) mass is 707 g/mol. The normalized spacial score (nSPS) is 13.5. The Hall–Kier alpha value is -6.28. The second kappa shape index (κ2) is 15.0. The lowest BCUT2D eigenvalue weighted by Gasteiger charge is -2.23. The molecule has 0 saturated carbocycles. The van der Waals surface area contributed by atoms with Crippen LogP contribution >= 0.6 is 0 Å². The van der Waals surface area contributed by atoms with Crippen LogP contribution in [0.2, 0.25) is 0 Å². The van der Waals surface area contributed by atoms with Gasteiger partial charge in [-0.2, -0.15) is 0 Å². The van der Waals surface area contributed by atoms with Crippen LogP contribution in [0.15, 0.2) is 158 Å². The third-order valence-electron chi connectivity index (χ3n) is 10.7. The molecule has 1 aliphatic carbocycles. The smallest absolute Gasteiger partial charge is 0.238 e. The number of nitrogens with one attached hydrogen (secondary N) is 4. The second-order valence-corrected chi connectivity index (χ2v) is 14.1. The van der Waals surface area contributed by atoms with Crippen molar-refractivity contribution in [2.45, 2.75) is 30.8 Å². The van der Waals surface area contributed by atoms with Crippen LogP contribution in [0.1, 0.15) is 40.0 Å². The molecule has 2 heterocycles. The molecule has 0 aliphatic heterocycles. The molecule has 0 bridgehead atoms. The summed E-state index contributed by atoms with van der Waals surface area (Å²) in [6.45, 7) is 0.719. The SMILES string of the molecule is O=C(N[C@H](Cc1ccc2ccccc2c1)c1ncc(-c2ccccc2)[nH]1)[C@@H](Cc1c[nH]c2ccccc12)NCOCC1c2ccccc2-c2ccccc21. The average molecular weight is 708 g/mol. The Bertz CT molecular complexity index is 2510. The Balaban J connectivity index is 0.978. The number of hydrogen-bond donors (Lipinski definition) is 4. The molecule has 7 nitrogen and oxygen atoms in total. The van der Waals surface area contributed by atoms with Crippen LogP contribution in [0.4, 0.5) is 0 Å². The van der Waals surface area contributed by atoms with E-state index in [9.17, 15) is 4.79 Å². The van der Waals surface area contributed by atoms with Gasteiger partial charge in [-0.15, -0.1) is 0 Å². The first-order valence-electron chi connectivity index (χ1n) is 18.6. The molecule has 2 atom stereocenters. The molecule has 0 unspecified atom stereocenters. The standard InChI is InChI=1S/C47H41N5O2/c53-47(52-43(25-31-22-23-32-12-4-5-15-34(32)24-31)46-49-28-45(51-46)33-13-2-1-3-14-33)44(26-35-27-48-42-21-11-10-16-36(35)42)50-30-54-29-41-39-19-8-6-17-37(39)38-18-7-9-20-40(38)41/h1-24,27-28,41,43-44,48,50H,25-26,29-30H2,(H,49,51)(H,52,53)/t43-,44-/m1/s1. The lowest BCUT2D eigenvalue weighted by Crippen LogP contribution is -2.48. The number of imidazole rings is 1. The highest BCUT2D eigenvalue weighted by atomic mass is 16.5. The van der Waals surface area contributed by atoms with E-state index in [2.05, 4.69) is 136 Å². The zero-order chi connectivity index (χ0) is 36.3. The summed E-state index contributed by atoms with van der Waals surface area (Å²) in [5.74, 6) is 0.712. The lowest BCUT2D eigenvalue weighted by atomic mass is 9.98. The van der Waals surface area contributed by atoms with Crippen molar-refractivity contribution in [2.75, 3.05) is 13.3 Å². The van der Waals surface area contributed by atoms with Crippen LogP contribution in [-0.4, -0.2) is 40.2 Å². The van der Waals surface area contributed by atoms with Crippen molar-refractivity contribution in [3.05, 3.63) is 186 Å². The van der Waals surface area contributed by atoms with Gasteiger partial charge < -0.3 is 20.0 Å². The maximum Gasteiger partial charge on any atom is 0.238 e. The summed E-state index contributed by atoms with van der Waals surface area (Å²) in [5, 5.41) is 10.3. The van der Waals surface area contributed by atoms with Crippen LogP contribution in [-0.2, 0) is 22.4 Å². The molecule has 2 aromatic heterocycles. The molecule has 6 aromatic carbocycles. The van der Waals surface area contributed by atoms with Crippen LogP contribution in [0.3, 0.4) is 0 Å². The second-order valence-electron chi connectivity index (χ2n) is 14.1. The van der Waals surface area contributed by atoms with Gasteiger partial charge in [0.2, 0.25) is 5.91 Å². The van der Waals surface area contributed by atoms with E-state index in [1.165, 1.54) is 27.6 Å². The molecule has 4 N–H and O–H groups in total. The third-order valence-corrected chi connectivity index (χ3v) is 10.7. The number of benzene rings is 6. The molecule has 1 amide bonds. The fourth-order valence-corrected chi connectivity index (χ4v) is 7.92. The largest absolute Gasteiger partial charge is 0.365 e. The number of rotatable bonds is 13. The number of amides is 1. The van der Waals surface area contributed by atoms with Crippen LogP contribution < -0.4 is 10.6 Å². The molecule has 266 valence electrons. The molecule has 7 heteroatoms. The summed E-state index contributed by atoms with van der Waals surface area (Å²) in [6, 6.07) is 49.3. The van der Waals surface area contributed by atoms with E-state index < -0.39 is 12.1 Å². The van der Waals surface area contributed by atoms with Crippen molar-refractivity contribution in [3.8, 4) is 22.4 Å². The van der Waals surface area contributed by atoms with Crippen molar-refractivity contribution in [3.63, 3.8) is 0 Å². The van der Waals surface area contributed by atoms with Gasteiger partial charge in [0.1, 0.15) is 5.82 Å². The van der Waals surface area contributed by atoms with Gasteiger partial charge in [0.15, 0.2) is 0 Å². The number of fused-ring (bicyclic) bond motifs is 5. The minimum Gasteiger partial charge on any atom is -0.365 e. The number of ether oxygens (including phenoxy) is 1. The van der Waals surface area contributed by atoms with Crippen molar-refractivity contribution in [2.24, 2.45) is 0 Å². The van der Waals surface area contributed by atoms with E-state index in [4.69, 9.17) is 9.72 Å². The van der Waals surface area contributed by atoms with E-state index in [1.807, 2.05) is 42.7 Å². The highest BCUT2D eigenvalue weighted by Crippen LogP contribution is 2.44. The Morgan fingerprint density at radius 2 is 1.44 bits per heavy atom. The first-order valence-corrected chi connectivity index (χ1v) is 18.6. The molecular weight excluding hydrogens is 667 g/mol. The number of aromatic amines is 2. The quantitative estimate of drug-likeness (QED) is 0.0711. The summed E-state index contributed by atoms with van der Waals surface area (Å²) >= 11 is 0. The van der Waals surface area contributed by atoms with Gasteiger partial charge in [0.25, 0.3) is 0 Å². The van der Waals surface area contributed by atoms with Gasteiger partial charge in [-0.05, 0) is 68.6 Å². The van der Waals surface area contributed by atoms with Gasteiger partial charge in [-0.3, -0.25) is 10.1 Å². The van der Waals surface area contributed by atoms with Gasteiger partial charge in [0, 0.05) is 23.0 Å². The molecule has 54 heavy (non-hydrogen) atoms. The number of carbonyl (C=O) groups is 1. The summed E-state index contributed by atoms with van der Waals surface area (Å²) < 4.78 is 6.38. The Kier molecular flexibility index (Phi) is 9.31. The number of hydrogen-bond acceptors (Lipinski definition) is 4. The van der Waals surface area contributed by atoms with Gasteiger partial charge in [0.05, 0.1) is 37.3 Å². The van der Waals surface area contributed by atoms with Crippen molar-refractivity contribution in [1.29, 1.82) is 0 Å². The molecule has 0 radical (unpaired) electrons. The zero-order valence-electron chi connectivity index (χ0n) is 29.8. The van der Waals surface area contributed by atoms with Crippen molar-refractivity contribution < 1.29 is 9.53 Å². The minimum absolute atomic E-state index is 0.121. The van der Waals surface area contributed by atoms with Crippen LogP contribution in [0, 0.1) is 0 Å². The lowest BCUT2D eigenvalue weighted by molar-refractivity contribution is -0.124. The van der Waals surface area contributed by atoms with E-state index in [-0.39, 0.29) is 18.6 Å². The van der Waals surface area contributed by atoms with E-state index in [0.29, 0.717) is 25.3 Å². The Morgan fingerprint density at radius 3 is 2.26 bits per heavy atom. The van der Waals surface area contributed by atoms with Gasteiger partial charge >= 0.3 is 0 Å². The highest BCUT2D eigenvalue weighted by molar-refractivity contribution is 5.87. The summed E-state index contributed by atoms with van der Waals surface area (Å²) in [4.78, 5) is 26.3.